The molecule has 0 radical (unpaired) electrons. The predicted octanol–water partition coefficient (Wildman–Crippen LogP) is 3.99. The predicted molar refractivity (Wildman–Crippen MR) is 150 cm³/mol. The molecule has 0 aliphatic carbocycles. The molecule has 3 heterocycles. The van der Waals surface area contributed by atoms with Crippen LogP contribution in [0.4, 0.5) is 20.6 Å². The van der Waals surface area contributed by atoms with E-state index in [2.05, 4.69) is 20.9 Å². The minimum absolute atomic E-state index is 0.0412. The summed E-state index contributed by atoms with van der Waals surface area (Å²) in [5.41, 5.74) is 1.80. The lowest BCUT2D eigenvalue weighted by Gasteiger charge is -2.42. The van der Waals surface area contributed by atoms with E-state index >= 15 is 0 Å². The van der Waals surface area contributed by atoms with Gasteiger partial charge in [0, 0.05) is 31.7 Å². The van der Waals surface area contributed by atoms with Gasteiger partial charge in [-0.15, -0.1) is 0 Å². The molecular weight excluding hydrogens is 529 g/mol. The Bertz CT molecular complexity index is 1410. The van der Waals surface area contributed by atoms with E-state index < -0.39 is 18.0 Å². The van der Waals surface area contributed by atoms with Crippen molar-refractivity contribution < 1.29 is 28.2 Å². The summed E-state index contributed by atoms with van der Waals surface area (Å²) in [6, 6.07) is 13.6. The number of pyridine rings is 1. The first-order chi connectivity index (χ1) is 19.9. The van der Waals surface area contributed by atoms with Gasteiger partial charge >= 0.3 is 6.03 Å². The molecule has 2 aromatic carbocycles. The highest BCUT2D eigenvalue weighted by molar-refractivity contribution is 6.02. The number of amides is 4. The van der Waals surface area contributed by atoms with Crippen molar-refractivity contribution >= 4 is 29.2 Å². The fourth-order valence-corrected chi connectivity index (χ4v) is 5.13. The molecule has 4 amide bonds. The van der Waals surface area contributed by atoms with Crippen LogP contribution in [-0.4, -0.2) is 66.2 Å². The summed E-state index contributed by atoms with van der Waals surface area (Å²) in [5, 5.41) is 8.04. The Morgan fingerprint density at radius 3 is 2.68 bits per heavy atom. The van der Waals surface area contributed by atoms with Gasteiger partial charge in [-0.2, -0.15) is 0 Å². The van der Waals surface area contributed by atoms with Crippen molar-refractivity contribution in [1.29, 1.82) is 0 Å². The molecule has 1 saturated heterocycles. The number of hydrogen-bond donors (Lipinski definition) is 3. The second-order valence-corrected chi connectivity index (χ2v) is 10.1. The van der Waals surface area contributed by atoms with Gasteiger partial charge in [-0.1, -0.05) is 12.1 Å². The van der Waals surface area contributed by atoms with Gasteiger partial charge in [-0.25, -0.2) is 9.18 Å². The van der Waals surface area contributed by atoms with Crippen LogP contribution in [0, 0.1) is 5.82 Å². The minimum atomic E-state index is -0.643. The van der Waals surface area contributed by atoms with Crippen LogP contribution < -0.4 is 20.7 Å². The third-order valence-corrected chi connectivity index (χ3v) is 7.29. The van der Waals surface area contributed by atoms with E-state index in [0.717, 1.165) is 12.0 Å². The third kappa shape index (κ3) is 6.98. The summed E-state index contributed by atoms with van der Waals surface area (Å²) in [4.78, 5) is 44.1. The topological polar surface area (TPSA) is 122 Å². The first-order valence-corrected chi connectivity index (χ1v) is 13.5. The van der Waals surface area contributed by atoms with Crippen LogP contribution in [0.2, 0.25) is 0 Å². The van der Waals surface area contributed by atoms with Crippen molar-refractivity contribution in [2.45, 2.75) is 43.9 Å². The number of hydrogen-bond acceptors (Lipinski definition) is 6. The largest absolute Gasteiger partial charge is 0.490 e. The van der Waals surface area contributed by atoms with Gasteiger partial charge in [0.15, 0.2) is 0 Å². The highest BCUT2D eigenvalue weighted by Gasteiger charge is 2.39. The van der Waals surface area contributed by atoms with Crippen LogP contribution in [0.5, 0.6) is 5.75 Å². The number of fused-ring (bicyclic) bond motifs is 2. The van der Waals surface area contributed by atoms with Gasteiger partial charge in [-0.05, 0) is 67.3 Å². The molecule has 0 unspecified atom stereocenters. The number of carbonyl (C=O) groups excluding carboxylic acids is 3. The number of para-hydroxylation sites is 1. The molecule has 0 bridgehead atoms. The summed E-state index contributed by atoms with van der Waals surface area (Å²) >= 11 is 0. The van der Waals surface area contributed by atoms with Gasteiger partial charge in [0.25, 0.3) is 5.91 Å². The molecule has 214 valence electrons. The standard InChI is InChI=1S/C30H32FN5O5/c1-36-25-8-7-21(17-28(37)33-15-12-19-10-13-32-14-11-19)41-27(25)18-40-26-9-6-20(16-22(26)29(36)38)34-30(39)35-24-5-3-2-4-23(24)31/h2-6,9-11,13-14,16,21,25,27H,7-8,12,15,17-18H2,1H3,(H,33,37)(H2,34,35,39)/t21-,25-,27+/m1/s1. The Hall–Kier alpha value is -4.51. The zero-order valence-corrected chi connectivity index (χ0v) is 22.6. The van der Waals surface area contributed by atoms with E-state index in [0.29, 0.717) is 36.4 Å². The SMILES string of the molecule is CN1C(=O)c2cc(NC(=O)Nc3ccccc3F)ccc2OC[C@@H]2O[C@@H](CC(=O)NCCc3ccncc3)CC[C@H]21. The number of halogens is 1. The quantitative estimate of drug-likeness (QED) is 0.401. The number of likely N-dealkylation sites (N-methyl/N-ethyl adjacent to an activating group) is 1. The highest BCUT2D eigenvalue weighted by atomic mass is 19.1. The van der Waals surface area contributed by atoms with Gasteiger partial charge in [0.1, 0.15) is 24.3 Å². The Morgan fingerprint density at radius 2 is 1.88 bits per heavy atom. The molecule has 11 heteroatoms. The number of nitrogens with one attached hydrogen (secondary N) is 3. The first kappa shape index (κ1) is 28.0. The number of benzene rings is 2. The molecule has 2 aliphatic heterocycles. The Kier molecular flexibility index (Phi) is 8.73. The lowest BCUT2D eigenvalue weighted by molar-refractivity contribution is -0.134. The maximum atomic E-state index is 13.9. The number of ether oxygens (including phenoxy) is 2. The second-order valence-electron chi connectivity index (χ2n) is 10.1. The summed E-state index contributed by atoms with van der Waals surface area (Å²) in [6.07, 6.45) is 5.02. The molecule has 5 rings (SSSR count). The number of aromatic nitrogens is 1. The van der Waals surface area contributed by atoms with Crippen LogP contribution >= 0.6 is 0 Å². The van der Waals surface area contributed by atoms with Crippen LogP contribution in [0.1, 0.15) is 35.2 Å². The van der Waals surface area contributed by atoms with E-state index in [4.69, 9.17) is 9.47 Å². The molecule has 10 nitrogen and oxygen atoms in total. The maximum absolute atomic E-state index is 13.9. The van der Waals surface area contributed by atoms with E-state index in [-0.39, 0.29) is 42.7 Å². The summed E-state index contributed by atoms with van der Waals surface area (Å²) in [6.45, 7) is 0.733. The number of nitrogens with zero attached hydrogens (tertiary/aromatic N) is 2. The number of carbonyl (C=O) groups is 3. The van der Waals surface area contributed by atoms with Gasteiger partial charge < -0.3 is 30.3 Å². The molecule has 3 atom stereocenters. The molecule has 0 saturated carbocycles. The normalized spacial score (nSPS) is 20.0. The average molecular weight is 562 g/mol. The zero-order valence-electron chi connectivity index (χ0n) is 22.6. The number of urea groups is 1. The van der Waals surface area contributed by atoms with E-state index in [9.17, 15) is 18.8 Å². The molecule has 3 N–H and O–H groups in total. The van der Waals surface area contributed by atoms with Crippen molar-refractivity contribution in [1.82, 2.24) is 15.2 Å². The second kappa shape index (κ2) is 12.8. The molecule has 41 heavy (non-hydrogen) atoms. The van der Waals surface area contributed by atoms with Crippen molar-refractivity contribution in [3.63, 3.8) is 0 Å². The van der Waals surface area contributed by atoms with E-state index in [1.165, 1.54) is 24.3 Å². The first-order valence-electron chi connectivity index (χ1n) is 13.5. The lowest BCUT2D eigenvalue weighted by Crippen LogP contribution is -2.54. The third-order valence-electron chi connectivity index (χ3n) is 7.29. The molecule has 1 aromatic heterocycles. The Labute approximate surface area is 237 Å². The molecule has 1 fully saturated rings. The van der Waals surface area contributed by atoms with Crippen LogP contribution in [0.25, 0.3) is 0 Å². The smallest absolute Gasteiger partial charge is 0.323 e. The summed E-state index contributed by atoms with van der Waals surface area (Å²) in [5.74, 6) is -0.550. The van der Waals surface area contributed by atoms with Crippen molar-refractivity contribution in [2.75, 3.05) is 30.8 Å². The van der Waals surface area contributed by atoms with Crippen LogP contribution in [-0.2, 0) is 16.0 Å². The van der Waals surface area contributed by atoms with Crippen molar-refractivity contribution in [3.05, 3.63) is 83.9 Å². The van der Waals surface area contributed by atoms with Crippen molar-refractivity contribution in [3.8, 4) is 5.75 Å². The maximum Gasteiger partial charge on any atom is 0.323 e. The van der Waals surface area contributed by atoms with Crippen LogP contribution in [0.3, 0.4) is 0 Å². The lowest BCUT2D eigenvalue weighted by atomic mass is 9.94. The molecule has 2 aliphatic rings. The number of anilines is 2. The van der Waals surface area contributed by atoms with E-state index in [1.54, 1.807) is 42.5 Å². The Morgan fingerprint density at radius 1 is 1.07 bits per heavy atom. The van der Waals surface area contributed by atoms with Crippen LogP contribution in [0.15, 0.2) is 67.0 Å². The molecular formula is C30H32FN5O5. The summed E-state index contributed by atoms with van der Waals surface area (Å²) < 4.78 is 26.1. The zero-order chi connectivity index (χ0) is 28.8. The average Bonchev–Trinajstić information content (AvgIpc) is 2.97. The molecule has 3 aromatic rings. The fraction of sp³-hybridized carbons (Fsp3) is 0.333. The van der Waals surface area contributed by atoms with Crippen molar-refractivity contribution in [2.24, 2.45) is 0 Å². The fourth-order valence-electron chi connectivity index (χ4n) is 5.13. The van der Waals surface area contributed by atoms with Gasteiger partial charge in [0.2, 0.25) is 5.91 Å². The summed E-state index contributed by atoms with van der Waals surface area (Å²) in [7, 11) is 1.72. The molecule has 0 spiro atoms. The van der Waals surface area contributed by atoms with Gasteiger partial charge in [0.05, 0.1) is 29.8 Å². The van der Waals surface area contributed by atoms with E-state index in [1.807, 2.05) is 12.1 Å². The number of rotatable bonds is 7. The van der Waals surface area contributed by atoms with Gasteiger partial charge in [-0.3, -0.25) is 14.6 Å². The Balaban J connectivity index is 1.18. The highest BCUT2D eigenvalue weighted by Crippen LogP contribution is 2.32. The minimum Gasteiger partial charge on any atom is -0.490 e. The monoisotopic (exact) mass is 561 g/mol.